The molecule has 1 aliphatic rings. The van der Waals surface area contributed by atoms with Gasteiger partial charge in [-0.15, -0.1) is 0 Å². The summed E-state index contributed by atoms with van der Waals surface area (Å²) in [6.07, 6.45) is -2.11. The standard InChI is InChI=1S/C19H19F2N3O7S/c1-11(25)22-9-14-10-24(16-7-12(23-19(26)27)5-6-17(16)30-14)32(28,29)15-4-2-3-13(8-15)31-18(20)21/h2-8,14,18,23H,9-10H2,1H3,(H,22,25)(H,26,27). The van der Waals surface area contributed by atoms with Crippen molar-refractivity contribution in [3.05, 3.63) is 42.5 Å². The highest BCUT2D eigenvalue weighted by atomic mass is 32.2. The smallest absolute Gasteiger partial charge is 0.409 e. The van der Waals surface area contributed by atoms with Crippen molar-refractivity contribution in [2.75, 3.05) is 22.7 Å². The van der Waals surface area contributed by atoms with E-state index >= 15 is 0 Å². The van der Waals surface area contributed by atoms with E-state index < -0.39 is 28.8 Å². The van der Waals surface area contributed by atoms with Crippen LogP contribution >= 0.6 is 0 Å². The van der Waals surface area contributed by atoms with Crippen LogP contribution in [0.4, 0.5) is 25.0 Å². The first-order valence-electron chi connectivity index (χ1n) is 9.19. The van der Waals surface area contributed by atoms with Crippen molar-refractivity contribution in [1.82, 2.24) is 5.32 Å². The maximum Gasteiger partial charge on any atom is 0.409 e. The largest absolute Gasteiger partial charge is 0.484 e. The van der Waals surface area contributed by atoms with Gasteiger partial charge < -0.3 is 19.9 Å². The predicted molar refractivity (Wildman–Crippen MR) is 109 cm³/mol. The van der Waals surface area contributed by atoms with Crippen molar-refractivity contribution in [3.63, 3.8) is 0 Å². The Balaban J connectivity index is 2.03. The number of amides is 2. The number of nitrogens with one attached hydrogen (secondary N) is 2. The Morgan fingerprint density at radius 3 is 2.69 bits per heavy atom. The average Bonchev–Trinajstić information content (AvgIpc) is 2.71. The van der Waals surface area contributed by atoms with Gasteiger partial charge in [-0.25, -0.2) is 13.2 Å². The summed E-state index contributed by atoms with van der Waals surface area (Å²) in [6.45, 7) is -2.07. The van der Waals surface area contributed by atoms with Crippen LogP contribution in [0.25, 0.3) is 0 Å². The Hall–Kier alpha value is -3.61. The number of carbonyl (C=O) groups excluding carboxylic acids is 1. The van der Waals surface area contributed by atoms with E-state index in [4.69, 9.17) is 9.84 Å². The van der Waals surface area contributed by atoms with Gasteiger partial charge in [0.25, 0.3) is 10.0 Å². The van der Waals surface area contributed by atoms with Crippen LogP contribution in [-0.4, -0.2) is 51.3 Å². The van der Waals surface area contributed by atoms with Crippen LogP contribution in [0, 0.1) is 0 Å². The van der Waals surface area contributed by atoms with Crippen molar-refractivity contribution in [1.29, 1.82) is 0 Å². The van der Waals surface area contributed by atoms with Crippen LogP contribution in [0.2, 0.25) is 0 Å². The number of fused-ring (bicyclic) bond motifs is 1. The summed E-state index contributed by atoms with van der Waals surface area (Å²) in [5.74, 6) is -0.552. The molecule has 0 radical (unpaired) electrons. The van der Waals surface area contributed by atoms with E-state index in [1.54, 1.807) is 0 Å². The van der Waals surface area contributed by atoms with E-state index in [-0.39, 0.29) is 46.8 Å². The number of carboxylic acid groups (broad SMARTS) is 1. The highest BCUT2D eigenvalue weighted by molar-refractivity contribution is 7.92. The van der Waals surface area contributed by atoms with Crippen molar-refractivity contribution in [3.8, 4) is 11.5 Å². The minimum absolute atomic E-state index is 0.00442. The molecule has 1 atom stereocenters. The first-order valence-corrected chi connectivity index (χ1v) is 10.6. The highest BCUT2D eigenvalue weighted by Gasteiger charge is 2.35. The van der Waals surface area contributed by atoms with E-state index in [1.165, 1.54) is 43.3 Å². The molecule has 13 heteroatoms. The normalized spacial score (nSPS) is 15.5. The number of carbonyl (C=O) groups is 2. The fourth-order valence-electron chi connectivity index (χ4n) is 3.04. The summed E-state index contributed by atoms with van der Waals surface area (Å²) >= 11 is 0. The number of hydrogen-bond acceptors (Lipinski definition) is 6. The third-order valence-electron chi connectivity index (χ3n) is 4.34. The summed E-state index contributed by atoms with van der Waals surface area (Å²) in [5.41, 5.74) is 0.130. The molecule has 1 aliphatic heterocycles. The van der Waals surface area contributed by atoms with Crippen LogP contribution in [0.3, 0.4) is 0 Å². The fourth-order valence-corrected chi connectivity index (χ4v) is 4.58. The van der Waals surface area contributed by atoms with Gasteiger partial charge in [-0.1, -0.05) is 6.07 Å². The number of halogens is 2. The van der Waals surface area contributed by atoms with Gasteiger partial charge in [0.15, 0.2) is 0 Å². The van der Waals surface area contributed by atoms with Crippen LogP contribution in [0.1, 0.15) is 6.92 Å². The van der Waals surface area contributed by atoms with Crippen LogP contribution in [0.15, 0.2) is 47.4 Å². The monoisotopic (exact) mass is 471 g/mol. The Bertz CT molecular complexity index is 1130. The molecule has 0 saturated carbocycles. The molecule has 10 nitrogen and oxygen atoms in total. The Kier molecular flexibility index (Phi) is 6.67. The number of hydrogen-bond donors (Lipinski definition) is 3. The number of sulfonamides is 1. The molecule has 1 heterocycles. The number of ether oxygens (including phenoxy) is 2. The topological polar surface area (TPSA) is 134 Å². The maximum absolute atomic E-state index is 13.4. The Labute approximate surface area is 181 Å². The molecule has 172 valence electrons. The summed E-state index contributed by atoms with van der Waals surface area (Å²) in [6, 6.07) is 8.66. The molecule has 0 bridgehead atoms. The van der Waals surface area contributed by atoms with Crippen molar-refractivity contribution in [2.24, 2.45) is 0 Å². The summed E-state index contributed by atoms with van der Waals surface area (Å²) < 4.78 is 63.0. The molecule has 32 heavy (non-hydrogen) atoms. The lowest BCUT2D eigenvalue weighted by atomic mass is 10.2. The highest BCUT2D eigenvalue weighted by Crippen LogP contribution is 2.39. The maximum atomic E-state index is 13.4. The van der Waals surface area contributed by atoms with Gasteiger partial charge in [-0.2, -0.15) is 8.78 Å². The molecule has 0 spiro atoms. The van der Waals surface area contributed by atoms with Gasteiger partial charge in [0.2, 0.25) is 5.91 Å². The fraction of sp³-hybridized carbons (Fsp3) is 0.263. The van der Waals surface area contributed by atoms with Crippen LogP contribution < -0.4 is 24.4 Å². The predicted octanol–water partition coefficient (Wildman–Crippen LogP) is 2.47. The van der Waals surface area contributed by atoms with Gasteiger partial charge in [0.05, 0.1) is 23.7 Å². The van der Waals surface area contributed by atoms with Crippen molar-refractivity contribution < 1.29 is 41.4 Å². The Morgan fingerprint density at radius 2 is 2.03 bits per heavy atom. The molecular formula is C19H19F2N3O7S. The van der Waals surface area contributed by atoms with E-state index in [1.807, 2.05) is 0 Å². The van der Waals surface area contributed by atoms with E-state index in [0.717, 1.165) is 10.4 Å². The van der Waals surface area contributed by atoms with Gasteiger partial charge in [-0.05, 0) is 30.3 Å². The summed E-state index contributed by atoms with van der Waals surface area (Å²) in [7, 11) is -4.31. The first kappa shape index (κ1) is 23.1. The number of alkyl halides is 2. The lowest BCUT2D eigenvalue weighted by molar-refractivity contribution is -0.119. The Morgan fingerprint density at radius 1 is 1.28 bits per heavy atom. The molecular weight excluding hydrogens is 452 g/mol. The average molecular weight is 471 g/mol. The number of benzene rings is 2. The zero-order valence-electron chi connectivity index (χ0n) is 16.6. The van der Waals surface area contributed by atoms with Gasteiger partial charge in [-0.3, -0.25) is 14.4 Å². The third kappa shape index (κ3) is 5.35. The van der Waals surface area contributed by atoms with Gasteiger partial charge in [0.1, 0.15) is 17.6 Å². The zero-order valence-corrected chi connectivity index (χ0v) is 17.4. The lowest BCUT2D eigenvalue weighted by Gasteiger charge is -2.35. The van der Waals surface area contributed by atoms with Crippen molar-refractivity contribution >= 4 is 33.4 Å². The van der Waals surface area contributed by atoms with Crippen LogP contribution in [-0.2, 0) is 14.8 Å². The van der Waals surface area contributed by atoms with Gasteiger partial charge >= 0.3 is 12.7 Å². The van der Waals surface area contributed by atoms with Crippen molar-refractivity contribution in [2.45, 2.75) is 24.5 Å². The molecule has 2 aromatic rings. The second kappa shape index (κ2) is 9.26. The molecule has 2 amide bonds. The molecule has 3 N–H and O–H groups in total. The quantitative estimate of drug-likeness (QED) is 0.565. The molecule has 0 aliphatic carbocycles. The molecule has 0 aromatic heterocycles. The van der Waals surface area contributed by atoms with E-state index in [9.17, 15) is 26.8 Å². The number of anilines is 2. The second-order valence-corrected chi connectivity index (χ2v) is 8.54. The minimum Gasteiger partial charge on any atom is -0.484 e. The van der Waals surface area contributed by atoms with Crippen LogP contribution in [0.5, 0.6) is 11.5 Å². The summed E-state index contributed by atoms with van der Waals surface area (Å²) in [4.78, 5) is 21.9. The molecule has 1 unspecified atom stereocenters. The molecule has 0 fully saturated rings. The number of rotatable bonds is 7. The molecule has 3 rings (SSSR count). The SMILES string of the molecule is CC(=O)NCC1CN(S(=O)(=O)c2cccc(OC(F)F)c2)c2cc(NC(=O)O)ccc2O1. The van der Waals surface area contributed by atoms with Gasteiger partial charge in [0, 0.05) is 18.7 Å². The molecule has 2 aromatic carbocycles. The van der Waals surface area contributed by atoms with E-state index in [0.29, 0.717) is 0 Å². The summed E-state index contributed by atoms with van der Waals surface area (Å²) in [5, 5.41) is 13.6. The minimum atomic E-state index is -4.31. The third-order valence-corrected chi connectivity index (χ3v) is 6.12. The number of nitrogens with zero attached hydrogens (tertiary/aromatic N) is 1. The first-order chi connectivity index (χ1) is 15.1. The lowest BCUT2D eigenvalue weighted by Crippen LogP contribution is -2.48. The zero-order chi connectivity index (χ0) is 23.5. The molecule has 0 saturated heterocycles. The second-order valence-electron chi connectivity index (χ2n) is 6.68. The van der Waals surface area contributed by atoms with E-state index in [2.05, 4.69) is 15.4 Å².